The smallest absolute Gasteiger partial charge is 0.343 e. The molecule has 70 heavy (non-hydrogen) atoms. The Bertz CT molecular complexity index is 2310. The number of hydrogen-bond acceptors (Lipinski definition) is 11. The van der Waals surface area contributed by atoms with Crippen molar-refractivity contribution < 1.29 is 43.1 Å². The van der Waals surface area contributed by atoms with Gasteiger partial charge in [-0.3, -0.25) is 9.98 Å². The number of rotatable bonds is 30. The van der Waals surface area contributed by atoms with Crippen LogP contribution in [0.3, 0.4) is 0 Å². The summed E-state index contributed by atoms with van der Waals surface area (Å²) < 4.78 is 34.3. The summed E-state index contributed by atoms with van der Waals surface area (Å²) in [5.74, 6) is 2.65. The van der Waals surface area contributed by atoms with Crippen molar-refractivity contribution in [2.45, 2.75) is 97.0 Å². The van der Waals surface area contributed by atoms with Crippen LogP contribution in [0.2, 0.25) is 0 Å². The van der Waals surface area contributed by atoms with E-state index in [9.17, 15) is 14.7 Å². The highest BCUT2D eigenvalue weighted by molar-refractivity contribution is 5.92. The molecule has 0 spiro atoms. The number of carbonyl (C=O) groups excluding carboxylic acids is 2. The maximum atomic E-state index is 12.7. The molecule has 0 unspecified atom stereocenters. The van der Waals surface area contributed by atoms with Crippen molar-refractivity contribution in [2.24, 2.45) is 9.98 Å². The van der Waals surface area contributed by atoms with Gasteiger partial charge in [0.05, 0.1) is 35.7 Å². The summed E-state index contributed by atoms with van der Waals surface area (Å²) >= 11 is 0. The summed E-state index contributed by atoms with van der Waals surface area (Å²) in [5, 5.41) is 10.5. The summed E-state index contributed by atoms with van der Waals surface area (Å²) in [4.78, 5) is 34.5. The number of hydrogen-bond donors (Lipinski definition) is 1. The van der Waals surface area contributed by atoms with Crippen LogP contribution in [-0.2, 0) is 0 Å². The molecule has 6 aromatic carbocycles. The fourth-order valence-corrected chi connectivity index (χ4v) is 7.08. The largest absolute Gasteiger partial charge is 0.494 e. The second kappa shape index (κ2) is 29.6. The first kappa shape index (κ1) is 52.1. The summed E-state index contributed by atoms with van der Waals surface area (Å²) in [5.41, 5.74) is 4.01. The van der Waals surface area contributed by atoms with Gasteiger partial charge in [-0.05, 0) is 170 Å². The minimum absolute atomic E-state index is 0.0425. The summed E-state index contributed by atoms with van der Waals surface area (Å²) in [6.07, 6.45) is 17.0. The van der Waals surface area contributed by atoms with Gasteiger partial charge in [0.2, 0.25) is 0 Å². The molecule has 0 amide bonds. The standard InChI is InChI=1S/C59H66N2O9/c1-3-5-7-9-11-13-39-65-52-31-19-47(20-32-52)58(63)69-56-27-15-45(16-28-56)41-60-49-23-35-54(36-24-49)67-43-51(62)44-68-55-37-25-50(26-38-55)61-42-46-17-29-57(30-18-46)70-59(64)48-21-33-53(34-22-48)66-40-14-12-10-8-6-4-2/h15-38,41-42,51,62H,3-14,39-40,43-44H2,1-2H3. The predicted molar refractivity (Wildman–Crippen MR) is 278 cm³/mol. The topological polar surface area (TPSA) is 134 Å². The molecule has 0 bridgehead atoms. The molecular formula is C59H66N2O9. The number of esters is 2. The Morgan fingerprint density at radius 1 is 0.414 bits per heavy atom. The van der Waals surface area contributed by atoms with Gasteiger partial charge < -0.3 is 33.5 Å². The van der Waals surface area contributed by atoms with Crippen LogP contribution in [0.4, 0.5) is 11.4 Å². The van der Waals surface area contributed by atoms with E-state index in [-0.39, 0.29) is 13.2 Å². The van der Waals surface area contributed by atoms with Crippen molar-refractivity contribution in [1.82, 2.24) is 0 Å². The Morgan fingerprint density at radius 2 is 0.729 bits per heavy atom. The Balaban J connectivity index is 0.839. The second-order valence-corrected chi connectivity index (χ2v) is 17.0. The predicted octanol–water partition coefficient (Wildman–Crippen LogP) is 13.9. The van der Waals surface area contributed by atoms with E-state index in [1.54, 1.807) is 109 Å². The van der Waals surface area contributed by atoms with Crippen LogP contribution in [0.5, 0.6) is 34.5 Å². The van der Waals surface area contributed by atoms with Crippen LogP contribution in [-0.4, -0.2) is 62.0 Å². The zero-order chi connectivity index (χ0) is 49.0. The fourth-order valence-electron chi connectivity index (χ4n) is 7.08. The average Bonchev–Trinajstić information content (AvgIpc) is 3.39. The van der Waals surface area contributed by atoms with Crippen LogP contribution in [0.1, 0.15) is 123 Å². The van der Waals surface area contributed by atoms with E-state index in [4.69, 9.17) is 28.4 Å². The molecule has 0 heterocycles. The maximum absolute atomic E-state index is 12.7. The normalized spacial score (nSPS) is 11.6. The molecule has 11 nitrogen and oxygen atoms in total. The quantitative estimate of drug-likeness (QED) is 0.0203. The van der Waals surface area contributed by atoms with Crippen molar-refractivity contribution in [3.8, 4) is 34.5 Å². The Kier molecular flexibility index (Phi) is 22.0. The zero-order valence-electron chi connectivity index (χ0n) is 40.5. The average molecular weight is 947 g/mol. The molecule has 6 rings (SSSR count). The minimum Gasteiger partial charge on any atom is -0.494 e. The Morgan fingerprint density at radius 3 is 1.10 bits per heavy atom. The van der Waals surface area contributed by atoms with Crippen molar-refractivity contribution >= 4 is 35.7 Å². The van der Waals surface area contributed by atoms with Crippen molar-refractivity contribution in [3.63, 3.8) is 0 Å². The number of nitrogens with zero attached hydrogens (tertiary/aromatic N) is 2. The van der Waals surface area contributed by atoms with Crippen LogP contribution in [0, 0.1) is 0 Å². The number of ether oxygens (including phenoxy) is 6. The SMILES string of the molecule is CCCCCCCCOc1ccc(C(=O)Oc2ccc(C=Nc3ccc(OCC(O)COc4ccc(N=Cc5ccc(OC(=O)c6ccc(OCCCCCCCC)cc6)cc5)cc4)cc3)cc2)cc1. The van der Waals surface area contributed by atoms with E-state index in [1.807, 2.05) is 48.5 Å². The lowest BCUT2D eigenvalue weighted by Gasteiger charge is -2.14. The maximum Gasteiger partial charge on any atom is 0.343 e. The lowest BCUT2D eigenvalue weighted by atomic mass is 10.1. The van der Waals surface area contributed by atoms with E-state index < -0.39 is 18.0 Å². The fraction of sp³-hybridized carbons (Fsp3) is 0.322. The molecule has 6 aromatic rings. The Hall–Kier alpha value is -7.24. The van der Waals surface area contributed by atoms with Gasteiger partial charge >= 0.3 is 11.9 Å². The number of benzene rings is 6. The molecule has 0 saturated carbocycles. The highest BCUT2D eigenvalue weighted by atomic mass is 16.5. The lowest BCUT2D eigenvalue weighted by Crippen LogP contribution is -2.25. The zero-order valence-corrected chi connectivity index (χ0v) is 40.5. The molecule has 0 aliphatic heterocycles. The van der Waals surface area contributed by atoms with E-state index in [0.717, 1.165) is 46.8 Å². The Labute approximate surface area is 413 Å². The number of aliphatic imine (C=N–C) groups is 2. The van der Waals surface area contributed by atoms with Crippen LogP contribution < -0.4 is 28.4 Å². The third-order valence-electron chi connectivity index (χ3n) is 11.2. The molecular weight excluding hydrogens is 881 g/mol. The summed E-state index contributed by atoms with van der Waals surface area (Å²) in [7, 11) is 0. The first-order valence-electron chi connectivity index (χ1n) is 24.7. The van der Waals surface area contributed by atoms with E-state index in [2.05, 4.69) is 23.8 Å². The monoisotopic (exact) mass is 946 g/mol. The molecule has 0 aromatic heterocycles. The second-order valence-electron chi connectivity index (χ2n) is 17.0. The molecule has 0 saturated heterocycles. The van der Waals surface area contributed by atoms with Gasteiger partial charge in [-0.2, -0.15) is 0 Å². The van der Waals surface area contributed by atoms with E-state index in [0.29, 0.717) is 47.3 Å². The van der Waals surface area contributed by atoms with Crippen molar-refractivity contribution in [1.29, 1.82) is 0 Å². The van der Waals surface area contributed by atoms with Crippen molar-refractivity contribution in [2.75, 3.05) is 26.4 Å². The van der Waals surface area contributed by atoms with Gasteiger partial charge in [-0.15, -0.1) is 0 Å². The first-order chi connectivity index (χ1) is 34.3. The summed E-state index contributed by atoms with van der Waals surface area (Å²) in [6, 6.07) is 42.7. The molecule has 0 aliphatic carbocycles. The number of carbonyl (C=O) groups is 2. The van der Waals surface area contributed by atoms with Gasteiger partial charge in [0.15, 0.2) is 0 Å². The molecule has 11 heteroatoms. The van der Waals surface area contributed by atoms with E-state index >= 15 is 0 Å². The number of unbranched alkanes of at least 4 members (excludes halogenated alkanes) is 10. The van der Waals surface area contributed by atoms with Gasteiger partial charge in [0, 0.05) is 12.4 Å². The van der Waals surface area contributed by atoms with Gasteiger partial charge in [-0.1, -0.05) is 78.1 Å². The van der Waals surface area contributed by atoms with Crippen LogP contribution in [0.15, 0.2) is 156 Å². The minimum atomic E-state index is -0.862. The first-order valence-corrected chi connectivity index (χ1v) is 24.7. The van der Waals surface area contributed by atoms with E-state index in [1.165, 1.54) is 64.2 Å². The number of aliphatic hydroxyl groups is 1. The highest BCUT2D eigenvalue weighted by Gasteiger charge is 2.12. The molecule has 0 fully saturated rings. The van der Waals surface area contributed by atoms with Gasteiger partial charge in [-0.25, -0.2) is 9.59 Å². The molecule has 0 atom stereocenters. The molecule has 366 valence electrons. The number of aliphatic hydroxyl groups excluding tert-OH is 1. The van der Waals surface area contributed by atoms with Gasteiger partial charge in [0.1, 0.15) is 53.8 Å². The highest BCUT2D eigenvalue weighted by Crippen LogP contribution is 2.23. The molecule has 0 radical (unpaired) electrons. The van der Waals surface area contributed by atoms with Crippen LogP contribution >= 0.6 is 0 Å². The third-order valence-corrected chi connectivity index (χ3v) is 11.2. The molecule has 0 aliphatic rings. The lowest BCUT2D eigenvalue weighted by molar-refractivity contribution is 0.0626. The summed E-state index contributed by atoms with van der Waals surface area (Å²) in [6.45, 7) is 5.86. The van der Waals surface area contributed by atoms with Crippen molar-refractivity contribution in [3.05, 3.63) is 168 Å². The third kappa shape index (κ3) is 19.0. The van der Waals surface area contributed by atoms with Gasteiger partial charge in [0.25, 0.3) is 0 Å². The van der Waals surface area contributed by atoms with Crippen LogP contribution in [0.25, 0.3) is 0 Å². The molecule has 1 N–H and O–H groups in total.